The third kappa shape index (κ3) is 0.801. The Kier molecular flexibility index (Phi) is 1.45. The summed E-state index contributed by atoms with van der Waals surface area (Å²) < 4.78 is 4.70. The van der Waals surface area contributed by atoms with Crippen molar-refractivity contribution in [3.05, 3.63) is 0 Å². The molecule has 0 aromatic rings. The van der Waals surface area contributed by atoms with Gasteiger partial charge in [-0.05, 0) is 0 Å². The first-order chi connectivity index (χ1) is 3.84. The van der Waals surface area contributed by atoms with Crippen LogP contribution in [0.1, 0.15) is 0 Å². The summed E-state index contributed by atoms with van der Waals surface area (Å²) in [5.41, 5.74) is 0. The lowest BCUT2D eigenvalue weighted by molar-refractivity contribution is -0.163. The molecule has 0 amide bonds. The molecule has 4 nitrogen and oxygen atoms in total. The van der Waals surface area contributed by atoms with Gasteiger partial charge in [0.15, 0.2) is 0 Å². The van der Waals surface area contributed by atoms with Crippen LogP contribution in [0.4, 0.5) is 0 Å². The molecular weight excluding hydrogens is 110 g/mol. The fourth-order valence-corrected chi connectivity index (χ4v) is 0.468. The summed E-state index contributed by atoms with van der Waals surface area (Å²) in [6.45, 7) is 0.909. The number of nitrogens with two attached hydrogens (primary N) is 1. The van der Waals surface area contributed by atoms with Gasteiger partial charge in [-0.15, -0.1) is 0 Å². The van der Waals surface area contributed by atoms with Crippen molar-refractivity contribution in [2.75, 3.05) is 13.2 Å². The van der Waals surface area contributed by atoms with Crippen molar-refractivity contribution in [3.63, 3.8) is 0 Å². The van der Waals surface area contributed by atoms with Crippen LogP contribution in [0.3, 0.4) is 0 Å². The van der Waals surface area contributed by atoms with Crippen molar-refractivity contribution in [1.29, 1.82) is 0 Å². The zero-order valence-corrected chi connectivity index (χ0v) is 4.29. The molecule has 0 atom stereocenters. The van der Waals surface area contributed by atoms with Gasteiger partial charge in [0.2, 0.25) is 0 Å². The molecule has 2 N–H and O–H groups in total. The summed E-state index contributed by atoms with van der Waals surface area (Å²) in [4.78, 5) is 14.3. The van der Waals surface area contributed by atoms with E-state index >= 15 is 0 Å². The molecule has 0 aliphatic carbocycles. The monoisotopic (exact) mass is 117 g/mol. The third-order valence-corrected chi connectivity index (χ3v) is 1.09. The summed E-state index contributed by atoms with van der Waals surface area (Å²) in [6, 6.07) is 0. The van der Waals surface area contributed by atoms with E-state index in [4.69, 9.17) is 4.74 Å². The molecule has 1 heterocycles. The van der Waals surface area contributed by atoms with Crippen LogP contribution in [0, 0.1) is 5.92 Å². The first-order valence-electron chi connectivity index (χ1n) is 2.33. The topological polar surface area (TPSA) is 61.5 Å². The van der Waals surface area contributed by atoms with Crippen LogP contribution < -0.4 is 5.90 Å². The van der Waals surface area contributed by atoms with Crippen molar-refractivity contribution in [3.8, 4) is 0 Å². The average molecular weight is 117 g/mol. The van der Waals surface area contributed by atoms with Gasteiger partial charge in [0, 0.05) is 0 Å². The average Bonchev–Trinajstić information content (AvgIpc) is 1.62. The van der Waals surface area contributed by atoms with Gasteiger partial charge in [-0.3, -0.25) is 0 Å². The first kappa shape index (κ1) is 5.53. The highest BCUT2D eigenvalue weighted by Crippen LogP contribution is 2.09. The Balaban J connectivity index is 2.24. The maximum absolute atomic E-state index is 10.4. The van der Waals surface area contributed by atoms with Crippen LogP contribution in [0.15, 0.2) is 0 Å². The number of rotatable bonds is 1. The summed E-state index contributed by atoms with van der Waals surface area (Å²) in [7, 11) is 0. The maximum atomic E-state index is 10.4. The standard InChI is InChI=1S/C4H7NO3/c5-8-4(6)3-1-7-2-3/h3H,1-2,5H2. The Bertz CT molecular complexity index is 99.5. The molecule has 0 bridgehead atoms. The molecule has 1 aliphatic heterocycles. The van der Waals surface area contributed by atoms with E-state index in [1.54, 1.807) is 0 Å². The number of carbonyl (C=O) groups is 1. The molecular formula is C4H7NO3. The van der Waals surface area contributed by atoms with E-state index in [1.807, 2.05) is 0 Å². The minimum Gasteiger partial charge on any atom is -0.379 e. The smallest absolute Gasteiger partial charge is 0.332 e. The van der Waals surface area contributed by atoms with Crippen molar-refractivity contribution >= 4 is 5.97 Å². The number of ether oxygens (including phenoxy) is 1. The number of carbonyl (C=O) groups excluding carboxylic acids is 1. The molecule has 0 unspecified atom stereocenters. The van der Waals surface area contributed by atoms with Gasteiger partial charge in [-0.2, -0.15) is 5.90 Å². The van der Waals surface area contributed by atoms with E-state index in [1.165, 1.54) is 0 Å². The lowest BCUT2D eigenvalue weighted by Crippen LogP contribution is -2.37. The normalized spacial score (nSPS) is 19.6. The molecule has 46 valence electrons. The molecule has 8 heavy (non-hydrogen) atoms. The summed E-state index contributed by atoms with van der Waals surface area (Å²) in [5.74, 6) is 4.09. The summed E-state index contributed by atoms with van der Waals surface area (Å²) >= 11 is 0. The van der Waals surface area contributed by atoms with Crippen molar-refractivity contribution < 1.29 is 14.4 Å². The molecule has 1 rings (SSSR count). The van der Waals surface area contributed by atoms with Gasteiger partial charge in [0.1, 0.15) is 5.92 Å². The zero-order valence-electron chi connectivity index (χ0n) is 4.29. The maximum Gasteiger partial charge on any atom is 0.332 e. The predicted molar refractivity (Wildman–Crippen MR) is 24.6 cm³/mol. The Morgan fingerprint density at radius 2 is 2.38 bits per heavy atom. The zero-order chi connectivity index (χ0) is 5.98. The van der Waals surface area contributed by atoms with E-state index in [-0.39, 0.29) is 11.9 Å². The van der Waals surface area contributed by atoms with E-state index in [0.29, 0.717) is 13.2 Å². The van der Waals surface area contributed by atoms with Gasteiger partial charge in [-0.1, -0.05) is 0 Å². The van der Waals surface area contributed by atoms with Crippen LogP contribution >= 0.6 is 0 Å². The molecule has 4 heteroatoms. The SMILES string of the molecule is NOC(=O)C1COC1. The Morgan fingerprint density at radius 1 is 1.75 bits per heavy atom. The molecule has 0 radical (unpaired) electrons. The second-order valence-corrected chi connectivity index (χ2v) is 1.67. The van der Waals surface area contributed by atoms with Crippen LogP contribution in [-0.2, 0) is 14.4 Å². The Morgan fingerprint density at radius 3 is 2.50 bits per heavy atom. The Labute approximate surface area is 46.5 Å². The van der Waals surface area contributed by atoms with Crippen LogP contribution in [0.5, 0.6) is 0 Å². The fourth-order valence-electron chi connectivity index (χ4n) is 0.468. The summed E-state index contributed by atoms with van der Waals surface area (Å²) in [5, 5.41) is 0. The fraction of sp³-hybridized carbons (Fsp3) is 0.750. The van der Waals surface area contributed by atoms with Crippen molar-refractivity contribution in [2.24, 2.45) is 11.8 Å². The first-order valence-corrected chi connectivity index (χ1v) is 2.33. The van der Waals surface area contributed by atoms with E-state index in [9.17, 15) is 4.79 Å². The van der Waals surface area contributed by atoms with Crippen molar-refractivity contribution in [1.82, 2.24) is 0 Å². The van der Waals surface area contributed by atoms with E-state index in [0.717, 1.165) is 0 Å². The van der Waals surface area contributed by atoms with Crippen molar-refractivity contribution in [2.45, 2.75) is 0 Å². The summed E-state index contributed by atoms with van der Waals surface area (Å²) in [6.07, 6.45) is 0. The molecule has 1 saturated heterocycles. The molecule has 0 spiro atoms. The molecule has 0 aromatic carbocycles. The third-order valence-electron chi connectivity index (χ3n) is 1.09. The van der Waals surface area contributed by atoms with E-state index in [2.05, 4.69) is 10.7 Å². The minimum atomic E-state index is -0.378. The lowest BCUT2D eigenvalue weighted by Gasteiger charge is -2.22. The second kappa shape index (κ2) is 2.11. The van der Waals surface area contributed by atoms with Crippen LogP contribution in [-0.4, -0.2) is 19.2 Å². The van der Waals surface area contributed by atoms with Gasteiger partial charge in [0.25, 0.3) is 0 Å². The largest absolute Gasteiger partial charge is 0.379 e. The van der Waals surface area contributed by atoms with Crippen LogP contribution in [0.2, 0.25) is 0 Å². The van der Waals surface area contributed by atoms with Gasteiger partial charge in [-0.25, -0.2) is 4.79 Å². The predicted octanol–water partition coefficient (Wildman–Crippen LogP) is -0.950. The molecule has 0 saturated carbocycles. The molecule has 1 fully saturated rings. The highest BCUT2D eigenvalue weighted by atomic mass is 16.7. The van der Waals surface area contributed by atoms with Gasteiger partial charge in [0.05, 0.1) is 13.2 Å². The van der Waals surface area contributed by atoms with Gasteiger partial charge >= 0.3 is 5.97 Å². The highest BCUT2D eigenvalue weighted by Gasteiger charge is 2.27. The highest BCUT2D eigenvalue weighted by molar-refractivity contribution is 5.73. The van der Waals surface area contributed by atoms with Gasteiger partial charge < -0.3 is 9.57 Å². The Hall–Kier alpha value is -0.610. The van der Waals surface area contributed by atoms with Crippen LogP contribution in [0.25, 0.3) is 0 Å². The number of hydrogen-bond acceptors (Lipinski definition) is 4. The molecule has 0 aromatic heterocycles. The lowest BCUT2D eigenvalue weighted by atomic mass is 10.1. The second-order valence-electron chi connectivity index (χ2n) is 1.67. The minimum absolute atomic E-state index is 0.111. The molecule has 1 aliphatic rings. The van der Waals surface area contributed by atoms with E-state index < -0.39 is 0 Å². The number of hydrogen-bond donors (Lipinski definition) is 1. The quantitative estimate of drug-likeness (QED) is 0.450.